The van der Waals surface area contributed by atoms with Crippen molar-refractivity contribution in [3.8, 4) is 10.6 Å². The molecule has 1 amide bonds. The number of benzene rings is 1. The molecule has 0 radical (unpaired) electrons. The number of aliphatic hydroxyl groups excluding tert-OH is 1. The molecule has 0 bridgehead atoms. The molecule has 36 heavy (non-hydrogen) atoms. The molecule has 6 nitrogen and oxygen atoms in total. The standard InChI is InChI=1S/C28H38FN3O3S/c1-17(26(34)30-10-11-32-12-14-35-15-13-32)21-8-9-28(3)16-22-24(18(2)23(28)25(21)33)31-27(36-22)19-4-6-20(29)7-5-19/h4-7,17-18,21,23,25,33H,8-16H2,1-3H3,(H,30,34)/p+1/t17-,18-,21+,23+,25-,28-/m0/s1. The van der Waals surface area contributed by atoms with E-state index in [0.717, 1.165) is 68.4 Å². The van der Waals surface area contributed by atoms with Crippen molar-refractivity contribution < 1.29 is 23.9 Å². The fraction of sp³-hybridized carbons (Fsp3) is 0.643. The number of quaternary nitrogens is 1. The Morgan fingerprint density at radius 1 is 1.33 bits per heavy atom. The van der Waals surface area contributed by atoms with E-state index in [4.69, 9.17) is 9.72 Å². The number of rotatable bonds is 6. The van der Waals surface area contributed by atoms with E-state index in [-0.39, 0.29) is 40.8 Å². The van der Waals surface area contributed by atoms with Gasteiger partial charge in [0.25, 0.3) is 0 Å². The average molecular weight is 517 g/mol. The number of fused-ring (bicyclic) bond motifs is 2. The van der Waals surface area contributed by atoms with Crippen molar-refractivity contribution in [3.63, 3.8) is 0 Å². The first-order valence-electron chi connectivity index (χ1n) is 13.4. The third-order valence-corrected chi connectivity index (χ3v) is 10.2. The van der Waals surface area contributed by atoms with Gasteiger partial charge in [-0.25, -0.2) is 9.37 Å². The number of nitrogens with one attached hydrogen (secondary N) is 2. The van der Waals surface area contributed by atoms with E-state index < -0.39 is 6.10 Å². The quantitative estimate of drug-likeness (QED) is 0.552. The second kappa shape index (κ2) is 10.5. The number of aromatic nitrogens is 1. The molecule has 1 aliphatic heterocycles. The number of amides is 1. The summed E-state index contributed by atoms with van der Waals surface area (Å²) in [5.41, 5.74) is 1.97. The number of ether oxygens (including phenoxy) is 1. The maximum Gasteiger partial charge on any atom is 0.223 e. The van der Waals surface area contributed by atoms with Gasteiger partial charge in [0.1, 0.15) is 23.9 Å². The molecule has 2 aromatic rings. The van der Waals surface area contributed by atoms with Crippen LogP contribution < -0.4 is 10.2 Å². The van der Waals surface area contributed by atoms with Gasteiger partial charge in [0.05, 0.1) is 38.1 Å². The number of carbonyl (C=O) groups is 1. The van der Waals surface area contributed by atoms with Crippen LogP contribution in [0.3, 0.4) is 0 Å². The van der Waals surface area contributed by atoms with Crippen LogP contribution in [-0.4, -0.2) is 61.5 Å². The topological polar surface area (TPSA) is 75.9 Å². The largest absolute Gasteiger partial charge is 0.392 e. The molecule has 5 rings (SSSR count). The van der Waals surface area contributed by atoms with Crippen LogP contribution >= 0.6 is 11.3 Å². The van der Waals surface area contributed by atoms with Crippen LogP contribution in [-0.2, 0) is 16.0 Å². The summed E-state index contributed by atoms with van der Waals surface area (Å²) in [7, 11) is 0. The Kier molecular flexibility index (Phi) is 7.50. The van der Waals surface area contributed by atoms with Gasteiger partial charge in [0.15, 0.2) is 0 Å². The highest BCUT2D eigenvalue weighted by Gasteiger charge is 2.53. The average Bonchev–Trinajstić information content (AvgIpc) is 3.28. The molecule has 2 aliphatic carbocycles. The van der Waals surface area contributed by atoms with E-state index in [1.54, 1.807) is 23.5 Å². The Bertz CT molecular complexity index is 1070. The highest BCUT2D eigenvalue weighted by Crippen LogP contribution is 2.57. The minimum absolute atomic E-state index is 0.0230. The summed E-state index contributed by atoms with van der Waals surface area (Å²) in [5, 5.41) is 15.7. The zero-order valence-corrected chi connectivity index (χ0v) is 22.4. The monoisotopic (exact) mass is 516 g/mol. The lowest BCUT2D eigenvalue weighted by atomic mass is 9.53. The van der Waals surface area contributed by atoms with Crippen molar-refractivity contribution >= 4 is 17.2 Å². The molecule has 196 valence electrons. The third kappa shape index (κ3) is 4.97. The molecule has 8 heteroatoms. The van der Waals surface area contributed by atoms with E-state index in [1.807, 2.05) is 6.92 Å². The second-order valence-corrected chi connectivity index (χ2v) is 12.4. The zero-order valence-electron chi connectivity index (χ0n) is 21.6. The molecule has 1 aromatic carbocycles. The molecule has 2 fully saturated rings. The normalized spacial score (nSPS) is 31.4. The summed E-state index contributed by atoms with van der Waals surface area (Å²) < 4.78 is 18.8. The first kappa shape index (κ1) is 25.8. The summed E-state index contributed by atoms with van der Waals surface area (Å²) in [6.07, 6.45) is 2.18. The minimum Gasteiger partial charge on any atom is -0.392 e. The number of nitrogens with zero attached hydrogens (tertiary/aromatic N) is 1. The van der Waals surface area contributed by atoms with E-state index in [9.17, 15) is 14.3 Å². The summed E-state index contributed by atoms with van der Waals surface area (Å²) in [6, 6.07) is 6.52. The molecule has 1 aromatic heterocycles. The number of thiazole rings is 1. The van der Waals surface area contributed by atoms with Crippen molar-refractivity contribution in [1.82, 2.24) is 10.3 Å². The van der Waals surface area contributed by atoms with Gasteiger partial charge in [-0.2, -0.15) is 0 Å². The predicted octanol–water partition coefficient (Wildman–Crippen LogP) is 2.67. The Labute approximate surface area is 217 Å². The fourth-order valence-electron chi connectivity index (χ4n) is 6.89. The maximum atomic E-state index is 13.4. The molecular weight excluding hydrogens is 477 g/mol. The molecule has 0 unspecified atom stereocenters. The summed E-state index contributed by atoms with van der Waals surface area (Å²) in [4.78, 5) is 20.8. The summed E-state index contributed by atoms with van der Waals surface area (Å²) in [6.45, 7) is 11.6. The number of aliphatic hydroxyl groups is 1. The van der Waals surface area contributed by atoms with Crippen molar-refractivity contribution in [2.24, 2.45) is 23.2 Å². The zero-order chi connectivity index (χ0) is 25.4. The number of morpholine rings is 1. The van der Waals surface area contributed by atoms with Crippen LogP contribution in [0, 0.1) is 29.0 Å². The van der Waals surface area contributed by atoms with E-state index >= 15 is 0 Å². The third-order valence-electron chi connectivity index (χ3n) is 9.05. The first-order valence-corrected chi connectivity index (χ1v) is 14.2. The lowest BCUT2D eigenvalue weighted by molar-refractivity contribution is -0.906. The molecule has 6 atom stereocenters. The molecule has 1 saturated heterocycles. The highest BCUT2D eigenvalue weighted by molar-refractivity contribution is 7.15. The number of hydrogen-bond acceptors (Lipinski definition) is 5. The molecule has 2 heterocycles. The molecule has 3 aliphatic rings. The van der Waals surface area contributed by atoms with Gasteiger partial charge in [0.2, 0.25) is 5.91 Å². The van der Waals surface area contributed by atoms with E-state index in [1.165, 1.54) is 21.9 Å². The number of carbonyl (C=O) groups excluding carboxylic acids is 1. The van der Waals surface area contributed by atoms with E-state index in [0.29, 0.717) is 6.54 Å². The predicted molar refractivity (Wildman–Crippen MR) is 139 cm³/mol. The minimum atomic E-state index is -0.548. The molecule has 0 spiro atoms. The SMILES string of the molecule is C[C@H](C(=O)NCC[NH+]1CCOCC1)[C@H]1CC[C@@]2(C)Cc3sc(-c4ccc(F)cc4)nc3[C@@H](C)[C@@H]2[C@H]1O. The van der Waals surface area contributed by atoms with Crippen LogP contribution in [0.15, 0.2) is 24.3 Å². The van der Waals surface area contributed by atoms with Crippen molar-refractivity contribution in [1.29, 1.82) is 0 Å². The van der Waals surface area contributed by atoms with Crippen molar-refractivity contribution in [2.75, 3.05) is 39.4 Å². The van der Waals surface area contributed by atoms with Gasteiger partial charge in [-0.3, -0.25) is 4.79 Å². The molecule has 3 N–H and O–H groups in total. The smallest absolute Gasteiger partial charge is 0.223 e. The Hall–Kier alpha value is -1.87. The van der Waals surface area contributed by atoms with Gasteiger partial charge < -0.3 is 20.1 Å². The van der Waals surface area contributed by atoms with Crippen LogP contribution in [0.2, 0.25) is 0 Å². The fourth-order valence-corrected chi connectivity index (χ4v) is 8.26. The van der Waals surface area contributed by atoms with Gasteiger partial charge in [0, 0.05) is 22.3 Å². The number of hydrogen-bond donors (Lipinski definition) is 3. The van der Waals surface area contributed by atoms with Crippen LogP contribution in [0.1, 0.15) is 50.1 Å². The second-order valence-electron chi connectivity index (χ2n) is 11.4. The molecule has 1 saturated carbocycles. The number of halogens is 1. The Morgan fingerprint density at radius 3 is 2.78 bits per heavy atom. The van der Waals surface area contributed by atoms with Gasteiger partial charge in [-0.1, -0.05) is 20.8 Å². The van der Waals surface area contributed by atoms with Crippen LogP contribution in [0.4, 0.5) is 4.39 Å². The lowest BCUT2D eigenvalue weighted by Gasteiger charge is -2.53. The Morgan fingerprint density at radius 2 is 2.06 bits per heavy atom. The van der Waals surface area contributed by atoms with Crippen molar-refractivity contribution in [3.05, 3.63) is 40.7 Å². The van der Waals surface area contributed by atoms with E-state index in [2.05, 4.69) is 19.2 Å². The van der Waals surface area contributed by atoms with Crippen LogP contribution in [0.5, 0.6) is 0 Å². The first-order chi connectivity index (χ1) is 17.3. The Balaban J connectivity index is 1.27. The van der Waals surface area contributed by atoms with Gasteiger partial charge >= 0.3 is 0 Å². The van der Waals surface area contributed by atoms with Gasteiger partial charge in [-0.05, 0) is 60.8 Å². The lowest BCUT2D eigenvalue weighted by Crippen LogP contribution is -3.14. The highest BCUT2D eigenvalue weighted by atomic mass is 32.1. The summed E-state index contributed by atoms with van der Waals surface area (Å²) in [5.74, 6) is -0.337. The van der Waals surface area contributed by atoms with Gasteiger partial charge in [-0.15, -0.1) is 11.3 Å². The molecular formula is C28H39FN3O3S+. The maximum absolute atomic E-state index is 13.4. The van der Waals surface area contributed by atoms with Crippen LogP contribution in [0.25, 0.3) is 10.6 Å². The summed E-state index contributed by atoms with van der Waals surface area (Å²) >= 11 is 1.70. The van der Waals surface area contributed by atoms with Crippen molar-refractivity contribution in [2.45, 2.75) is 52.1 Å².